The normalized spacial score (nSPS) is 11.5. The van der Waals surface area contributed by atoms with Crippen LogP contribution in [-0.4, -0.2) is 4.98 Å². The molecule has 4 rings (SSSR count). The molecule has 0 spiro atoms. The Bertz CT molecular complexity index is 1230. The minimum atomic E-state index is -0.321. The molecule has 7 heteroatoms. The molecule has 0 bridgehead atoms. The molecule has 30 heavy (non-hydrogen) atoms. The van der Waals surface area contributed by atoms with Gasteiger partial charge < -0.3 is 9.15 Å². The fourth-order valence-electron chi connectivity index (χ4n) is 2.83. The Hall–Kier alpha value is -3.33. The van der Waals surface area contributed by atoms with E-state index in [0.717, 1.165) is 5.56 Å². The van der Waals surface area contributed by atoms with Gasteiger partial charge in [0.15, 0.2) is 11.3 Å². The van der Waals surface area contributed by atoms with Crippen molar-refractivity contribution in [3.8, 4) is 11.8 Å². The van der Waals surface area contributed by atoms with Gasteiger partial charge in [0.2, 0.25) is 5.89 Å². The molecular formula is C23H13Cl2FN2O2. The Balaban J connectivity index is 1.59. The minimum absolute atomic E-state index is 0.182. The first kappa shape index (κ1) is 20.0. The molecule has 0 atom stereocenters. The summed E-state index contributed by atoms with van der Waals surface area (Å²) >= 11 is 12.7. The third kappa shape index (κ3) is 4.30. The zero-order valence-electron chi connectivity index (χ0n) is 15.4. The van der Waals surface area contributed by atoms with E-state index in [0.29, 0.717) is 22.4 Å². The zero-order valence-corrected chi connectivity index (χ0v) is 16.9. The van der Waals surface area contributed by atoms with Crippen LogP contribution in [0.3, 0.4) is 0 Å². The summed E-state index contributed by atoms with van der Waals surface area (Å²) in [5, 5.41) is 10.1. The Morgan fingerprint density at radius 1 is 1.10 bits per heavy atom. The van der Waals surface area contributed by atoms with E-state index >= 15 is 0 Å². The van der Waals surface area contributed by atoms with Crippen LogP contribution in [-0.2, 0) is 6.61 Å². The monoisotopic (exact) mass is 438 g/mol. The number of fused-ring (bicyclic) bond motifs is 1. The van der Waals surface area contributed by atoms with Gasteiger partial charge in [-0.1, -0.05) is 47.5 Å². The molecule has 1 heterocycles. The molecule has 0 amide bonds. The van der Waals surface area contributed by atoms with Gasteiger partial charge in [0, 0.05) is 0 Å². The summed E-state index contributed by atoms with van der Waals surface area (Å²) in [5.41, 5.74) is 2.86. The topological polar surface area (TPSA) is 59.0 Å². The van der Waals surface area contributed by atoms with E-state index in [1.807, 2.05) is 12.1 Å². The number of nitriles is 1. The predicted molar refractivity (Wildman–Crippen MR) is 115 cm³/mol. The van der Waals surface area contributed by atoms with Gasteiger partial charge in [-0.05, 0) is 53.6 Å². The number of para-hydroxylation sites is 2. The number of rotatable bonds is 5. The second-order valence-electron chi connectivity index (χ2n) is 6.39. The lowest BCUT2D eigenvalue weighted by Crippen LogP contribution is -1.97. The summed E-state index contributed by atoms with van der Waals surface area (Å²) in [5.74, 6) is 0.195. The van der Waals surface area contributed by atoms with Crippen LogP contribution in [0.25, 0.3) is 22.7 Å². The Morgan fingerprint density at radius 3 is 2.47 bits per heavy atom. The molecule has 0 saturated carbocycles. The molecule has 0 unspecified atom stereocenters. The minimum Gasteiger partial charge on any atom is -0.486 e. The summed E-state index contributed by atoms with van der Waals surface area (Å²) in [6.45, 7) is 0.182. The van der Waals surface area contributed by atoms with Gasteiger partial charge in [-0.25, -0.2) is 9.37 Å². The number of oxazole rings is 1. The molecule has 3 aromatic carbocycles. The van der Waals surface area contributed by atoms with E-state index in [2.05, 4.69) is 11.1 Å². The molecule has 1 aromatic heterocycles. The average Bonchev–Trinajstić information content (AvgIpc) is 3.16. The van der Waals surface area contributed by atoms with E-state index in [-0.39, 0.29) is 33.9 Å². The van der Waals surface area contributed by atoms with Gasteiger partial charge >= 0.3 is 0 Å². The number of benzene rings is 3. The molecule has 0 aliphatic heterocycles. The van der Waals surface area contributed by atoms with Crippen molar-refractivity contribution in [3.05, 3.63) is 93.5 Å². The highest BCUT2D eigenvalue weighted by Crippen LogP contribution is 2.36. The van der Waals surface area contributed by atoms with Gasteiger partial charge in [-0.2, -0.15) is 5.26 Å². The molecule has 0 fully saturated rings. The van der Waals surface area contributed by atoms with Crippen molar-refractivity contribution in [1.29, 1.82) is 5.26 Å². The number of halogens is 3. The van der Waals surface area contributed by atoms with Gasteiger partial charge in [0.05, 0.1) is 10.0 Å². The molecule has 0 aliphatic rings. The van der Waals surface area contributed by atoms with Crippen molar-refractivity contribution in [3.63, 3.8) is 0 Å². The second kappa shape index (κ2) is 8.58. The van der Waals surface area contributed by atoms with Gasteiger partial charge in [-0.15, -0.1) is 0 Å². The zero-order chi connectivity index (χ0) is 21.1. The first-order valence-electron chi connectivity index (χ1n) is 8.87. The van der Waals surface area contributed by atoms with Crippen molar-refractivity contribution in [2.24, 2.45) is 0 Å². The number of hydrogen-bond acceptors (Lipinski definition) is 4. The largest absolute Gasteiger partial charge is 0.486 e. The van der Waals surface area contributed by atoms with Gasteiger partial charge in [0.25, 0.3) is 0 Å². The SMILES string of the molecule is N#C/C(=C\c1cc(Cl)c(OCc2ccc(F)cc2)c(Cl)c1)c1nc2ccccc2o1. The number of aromatic nitrogens is 1. The molecule has 0 radical (unpaired) electrons. The number of ether oxygens (including phenoxy) is 1. The van der Waals surface area contributed by atoms with Crippen LogP contribution in [0.5, 0.6) is 5.75 Å². The van der Waals surface area contributed by atoms with Crippen molar-refractivity contribution < 1.29 is 13.5 Å². The summed E-state index contributed by atoms with van der Waals surface area (Å²) in [4.78, 5) is 4.34. The Kier molecular flexibility index (Phi) is 5.71. The maximum absolute atomic E-state index is 13.0. The first-order chi connectivity index (χ1) is 14.5. The fraction of sp³-hybridized carbons (Fsp3) is 0.0435. The molecule has 4 aromatic rings. The maximum Gasteiger partial charge on any atom is 0.238 e. The smallest absolute Gasteiger partial charge is 0.238 e. The van der Waals surface area contributed by atoms with Crippen LogP contribution in [0, 0.1) is 17.1 Å². The van der Waals surface area contributed by atoms with Crippen LogP contribution >= 0.6 is 23.2 Å². The summed E-state index contributed by atoms with van der Waals surface area (Å²) < 4.78 is 24.4. The van der Waals surface area contributed by atoms with Crippen LogP contribution in [0.15, 0.2) is 65.1 Å². The highest BCUT2D eigenvalue weighted by Gasteiger charge is 2.13. The predicted octanol–water partition coefficient (Wildman–Crippen LogP) is 6.92. The lowest BCUT2D eigenvalue weighted by molar-refractivity contribution is 0.306. The molecule has 0 saturated heterocycles. The van der Waals surface area contributed by atoms with Gasteiger partial charge in [-0.3, -0.25) is 0 Å². The quantitative estimate of drug-likeness (QED) is 0.317. The van der Waals surface area contributed by atoms with E-state index in [4.69, 9.17) is 32.4 Å². The first-order valence-corrected chi connectivity index (χ1v) is 9.63. The van der Waals surface area contributed by atoms with E-state index in [1.54, 1.807) is 42.5 Å². The van der Waals surface area contributed by atoms with Crippen molar-refractivity contribution >= 4 is 46.0 Å². The molecule has 0 aliphatic carbocycles. The van der Waals surface area contributed by atoms with Crippen molar-refractivity contribution in [2.75, 3.05) is 0 Å². The summed E-state index contributed by atoms with van der Waals surface area (Å²) in [7, 11) is 0. The van der Waals surface area contributed by atoms with Crippen LogP contribution in [0.1, 0.15) is 17.0 Å². The summed E-state index contributed by atoms with van der Waals surface area (Å²) in [6.07, 6.45) is 1.59. The van der Waals surface area contributed by atoms with Gasteiger partial charge in [0.1, 0.15) is 29.6 Å². The van der Waals surface area contributed by atoms with Crippen molar-refractivity contribution in [2.45, 2.75) is 6.61 Å². The summed E-state index contributed by atoms with van der Waals surface area (Å²) in [6, 6.07) is 18.6. The third-order valence-electron chi connectivity index (χ3n) is 4.27. The molecular weight excluding hydrogens is 426 g/mol. The highest BCUT2D eigenvalue weighted by atomic mass is 35.5. The molecule has 0 N–H and O–H groups in total. The Morgan fingerprint density at radius 2 is 1.80 bits per heavy atom. The average molecular weight is 439 g/mol. The highest BCUT2D eigenvalue weighted by molar-refractivity contribution is 6.37. The van der Waals surface area contributed by atoms with Crippen LogP contribution in [0.2, 0.25) is 10.0 Å². The Labute approximate surface area is 181 Å². The molecule has 4 nitrogen and oxygen atoms in total. The maximum atomic E-state index is 13.0. The number of nitrogens with zero attached hydrogens (tertiary/aromatic N) is 2. The van der Waals surface area contributed by atoms with Crippen molar-refractivity contribution in [1.82, 2.24) is 4.98 Å². The van der Waals surface area contributed by atoms with Crippen LogP contribution < -0.4 is 4.74 Å². The lowest BCUT2D eigenvalue weighted by atomic mass is 10.1. The lowest BCUT2D eigenvalue weighted by Gasteiger charge is -2.11. The standard InChI is InChI=1S/C23H13Cl2FN2O2/c24-18-10-15(9-16(12-27)23-28-20-3-1-2-4-21(20)30-23)11-19(25)22(18)29-13-14-5-7-17(26)8-6-14/h1-11H,13H2/b16-9+. The molecule has 148 valence electrons. The number of hydrogen-bond donors (Lipinski definition) is 0. The van der Waals surface area contributed by atoms with E-state index in [1.165, 1.54) is 12.1 Å². The van der Waals surface area contributed by atoms with Crippen LogP contribution in [0.4, 0.5) is 4.39 Å². The number of allylic oxidation sites excluding steroid dienone is 1. The third-order valence-corrected chi connectivity index (χ3v) is 4.83. The second-order valence-corrected chi connectivity index (χ2v) is 7.20. The van der Waals surface area contributed by atoms with E-state index in [9.17, 15) is 9.65 Å². The fourth-order valence-corrected chi connectivity index (χ4v) is 3.45. The van der Waals surface area contributed by atoms with E-state index < -0.39 is 0 Å².